The van der Waals surface area contributed by atoms with Gasteiger partial charge in [0.05, 0.1) is 51.3 Å². The Morgan fingerprint density at radius 3 is 2.51 bits per heavy atom. The van der Waals surface area contributed by atoms with Crippen molar-refractivity contribution < 1.29 is 23.8 Å². The van der Waals surface area contributed by atoms with Crippen LogP contribution in [0.15, 0.2) is 47.5 Å². The van der Waals surface area contributed by atoms with Crippen LogP contribution in [0.5, 0.6) is 0 Å². The molecule has 0 radical (unpaired) electrons. The lowest BCUT2D eigenvalue weighted by Gasteiger charge is -2.32. The number of ether oxygens (including phenoxy) is 3. The minimum atomic E-state index is -0.605. The Morgan fingerprint density at radius 1 is 1.09 bits per heavy atom. The zero-order valence-electron chi connectivity index (χ0n) is 20.5. The summed E-state index contributed by atoms with van der Waals surface area (Å²) >= 11 is 0. The fraction of sp³-hybridized carbons (Fsp3) is 0.577. The van der Waals surface area contributed by atoms with Crippen molar-refractivity contribution in [3.8, 4) is 11.3 Å². The van der Waals surface area contributed by atoms with Crippen LogP contribution in [0.1, 0.15) is 5.56 Å². The third kappa shape index (κ3) is 7.60. The highest BCUT2D eigenvalue weighted by molar-refractivity contribution is 5.68. The van der Waals surface area contributed by atoms with Crippen molar-refractivity contribution >= 4 is 5.88 Å². The Balaban J connectivity index is 1.55. The summed E-state index contributed by atoms with van der Waals surface area (Å²) in [7, 11) is 0. The maximum absolute atomic E-state index is 10.7. The molecule has 35 heavy (non-hydrogen) atoms. The Morgan fingerprint density at radius 2 is 1.80 bits per heavy atom. The monoisotopic (exact) mass is 486 g/mol. The minimum absolute atomic E-state index is 0.269. The summed E-state index contributed by atoms with van der Waals surface area (Å²) in [4.78, 5) is 6.90. The van der Waals surface area contributed by atoms with Crippen LogP contribution in [0, 0.1) is 0 Å². The summed E-state index contributed by atoms with van der Waals surface area (Å²) in [6.07, 6.45) is 1.09. The number of aromatic nitrogens is 1. The maximum atomic E-state index is 10.7. The van der Waals surface area contributed by atoms with Crippen molar-refractivity contribution in [3.63, 3.8) is 0 Å². The van der Waals surface area contributed by atoms with E-state index in [1.54, 1.807) is 6.08 Å². The van der Waals surface area contributed by atoms with Gasteiger partial charge in [0.25, 0.3) is 0 Å². The molecule has 2 aromatic rings. The van der Waals surface area contributed by atoms with Gasteiger partial charge in [-0.15, -0.1) is 6.58 Å². The first-order chi connectivity index (χ1) is 17.2. The molecule has 1 N–H and O–H groups in total. The summed E-state index contributed by atoms with van der Waals surface area (Å²) in [5.41, 5.74) is 2.91. The number of hydrogen-bond acceptors (Lipinski definition) is 9. The lowest BCUT2D eigenvalue weighted by molar-refractivity contribution is 0.0128. The molecular weight excluding hydrogens is 448 g/mol. The van der Waals surface area contributed by atoms with E-state index in [4.69, 9.17) is 18.7 Å². The number of rotatable bonds is 13. The highest BCUT2D eigenvalue weighted by Crippen LogP contribution is 2.33. The number of nitrogens with zero attached hydrogens (tertiary/aromatic N) is 4. The number of aliphatic hydroxyl groups is 1. The van der Waals surface area contributed by atoms with Crippen molar-refractivity contribution in [1.29, 1.82) is 0 Å². The van der Waals surface area contributed by atoms with Gasteiger partial charge in [0.15, 0.2) is 0 Å². The fourth-order valence-electron chi connectivity index (χ4n) is 4.49. The summed E-state index contributed by atoms with van der Waals surface area (Å²) in [6.45, 7) is 13.5. The van der Waals surface area contributed by atoms with Gasteiger partial charge in [-0.3, -0.25) is 9.80 Å². The minimum Gasteiger partial charge on any atom is -0.389 e. The second-order valence-electron chi connectivity index (χ2n) is 8.95. The van der Waals surface area contributed by atoms with E-state index in [2.05, 4.69) is 38.6 Å². The van der Waals surface area contributed by atoms with Crippen LogP contribution in [0.2, 0.25) is 0 Å². The predicted octanol–water partition coefficient (Wildman–Crippen LogP) is 1.88. The van der Waals surface area contributed by atoms with E-state index in [1.165, 1.54) is 0 Å². The largest absolute Gasteiger partial charge is 0.389 e. The first-order valence-corrected chi connectivity index (χ1v) is 12.5. The predicted molar refractivity (Wildman–Crippen MR) is 135 cm³/mol. The van der Waals surface area contributed by atoms with Crippen molar-refractivity contribution in [3.05, 3.63) is 48.6 Å². The van der Waals surface area contributed by atoms with E-state index in [1.807, 2.05) is 18.2 Å². The molecule has 2 aliphatic rings. The van der Waals surface area contributed by atoms with E-state index in [-0.39, 0.29) is 6.61 Å². The molecule has 192 valence electrons. The Kier molecular flexibility index (Phi) is 10.1. The summed E-state index contributed by atoms with van der Waals surface area (Å²) in [5, 5.41) is 15.2. The smallest absolute Gasteiger partial charge is 0.232 e. The number of hydrogen-bond donors (Lipinski definition) is 1. The molecule has 2 saturated heterocycles. The molecule has 2 fully saturated rings. The van der Waals surface area contributed by atoms with Crippen molar-refractivity contribution in [2.75, 3.05) is 90.4 Å². The van der Waals surface area contributed by atoms with Gasteiger partial charge >= 0.3 is 0 Å². The van der Waals surface area contributed by atoms with Crippen LogP contribution in [0.4, 0.5) is 5.88 Å². The molecule has 2 aliphatic heterocycles. The second-order valence-corrected chi connectivity index (χ2v) is 8.95. The first kappa shape index (κ1) is 25.8. The second kappa shape index (κ2) is 13.7. The maximum Gasteiger partial charge on any atom is 0.232 e. The third-order valence-electron chi connectivity index (χ3n) is 6.35. The number of anilines is 1. The molecule has 1 aromatic heterocycles. The summed E-state index contributed by atoms with van der Waals surface area (Å²) < 4.78 is 22.5. The molecule has 9 nitrogen and oxygen atoms in total. The molecule has 0 saturated carbocycles. The lowest BCUT2D eigenvalue weighted by Crippen LogP contribution is -2.43. The van der Waals surface area contributed by atoms with Gasteiger partial charge in [0, 0.05) is 57.9 Å². The lowest BCUT2D eigenvalue weighted by atomic mass is 10.1. The molecule has 4 rings (SSSR count). The number of morpholine rings is 2. The molecule has 1 aromatic carbocycles. The van der Waals surface area contributed by atoms with E-state index in [9.17, 15) is 5.11 Å². The summed E-state index contributed by atoms with van der Waals surface area (Å²) in [6, 6.07) is 10.1. The molecule has 3 heterocycles. The van der Waals surface area contributed by atoms with Crippen LogP contribution >= 0.6 is 0 Å². The van der Waals surface area contributed by atoms with Crippen molar-refractivity contribution in [1.82, 2.24) is 15.0 Å². The highest BCUT2D eigenvalue weighted by atomic mass is 16.5. The molecular formula is C26H38N4O5. The molecule has 0 spiro atoms. The fourth-order valence-corrected chi connectivity index (χ4v) is 4.49. The van der Waals surface area contributed by atoms with Crippen LogP contribution in [-0.4, -0.2) is 112 Å². The van der Waals surface area contributed by atoms with E-state index in [0.717, 1.165) is 75.2 Å². The third-order valence-corrected chi connectivity index (χ3v) is 6.35. The summed E-state index contributed by atoms with van der Waals surface area (Å²) in [5.74, 6) is 0.793. The standard InChI is InChI=1S/C26H38N4O5/c1-2-14-34-21-23(31)19-29(9-8-28-10-15-32-16-11-28)20-24-25(22-6-4-3-5-7-22)27-35-26(24)30-12-17-33-18-13-30/h2-7,23,31H,1,8-21H2/t23-/m0/s1. The van der Waals surface area contributed by atoms with Gasteiger partial charge < -0.3 is 28.7 Å². The van der Waals surface area contributed by atoms with Crippen LogP contribution in [0.25, 0.3) is 11.3 Å². The molecule has 0 amide bonds. The number of aliphatic hydroxyl groups excluding tert-OH is 1. The highest BCUT2D eigenvalue weighted by Gasteiger charge is 2.26. The quantitative estimate of drug-likeness (QED) is 0.337. The molecule has 0 unspecified atom stereocenters. The Hall–Kier alpha value is -2.27. The average molecular weight is 487 g/mol. The van der Waals surface area contributed by atoms with Crippen LogP contribution < -0.4 is 4.90 Å². The van der Waals surface area contributed by atoms with Crippen LogP contribution in [-0.2, 0) is 20.8 Å². The Bertz CT molecular complexity index is 881. The van der Waals surface area contributed by atoms with Gasteiger partial charge in [0.2, 0.25) is 5.88 Å². The van der Waals surface area contributed by atoms with Gasteiger partial charge in [-0.25, -0.2) is 0 Å². The normalized spacial score (nSPS) is 18.2. The first-order valence-electron chi connectivity index (χ1n) is 12.5. The zero-order valence-corrected chi connectivity index (χ0v) is 20.5. The van der Waals surface area contributed by atoms with Gasteiger partial charge in [0.1, 0.15) is 5.69 Å². The molecule has 0 aliphatic carbocycles. The van der Waals surface area contributed by atoms with Crippen LogP contribution in [0.3, 0.4) is 0 Å². The van der Waals surface area contributed by atoms with Crippen molar-refractivity contribution in [2.45, 2.75) is 12.6 Å². The molecule has 0 bridgehead atoms. The van der Waals surface area contributed by atoms with E-state index < -0.39 is 6.10 Å². The SMILES string of the molecule is C=CCOC[C@@H](O)CN(CCN1CCOCC1)Cc1c(-c2ccccc2)noc1N1CCOCC1. The van der Waals surface area contributed by atoms with E-state index in [0.29, 0.717) is 32.9 Å². The topological polar surface area (TPSA) is 83.7 Å². The number of benzene rings is 1. The van der Waals surface area contributed by atoms with Gasteiger partial charge in [-0.1, -0.05) is 41.6 Å². The van der Waals surface area contributed by atoms with Gasteiger partial charge in [-0.05, 0) is 0 Å². The zero-order chi connectivity index (χ0) is 24.3. The average Bonchev–Trinajstić information content (AvgIpc) is 3.32. The van der Waals surface area contributed by atoms with Gasteiger partial charge in [-0.2, -0.15) is 0 Å². The molecule has 1 atom stereocenters. The molecule has 9 heteroatoms. The Labute approximate surface area is 207 Å². The van der Waals surface area contributed by atoms with Crippen molar-refractivity contribution in [2.24, 2.45) is 0 Å². The van der Waals surface area contributed by atoms with E-state index >= 15 is 0 Å².